The smallest absolute Gasteiger partial charge is 0.280 e. The van der Waals surface area contributed by atoms with Gasteiger partial charge in [-0.15, -0.1) is 0 Å². The van der Waals surface area contributed by atoms with Crippen molar-refractivity contribution in [2.75, 3.05) is 13.1 Å². The molecule has 1 fully saturated rings. The summed E-state index contributed by atoms with van der Waals surface area (Å²) in [5, 5.41) is 11.5. The van der Waals surface area contributed by atoms with Crippen LogP contribution in [0.5, 0.6) is 0 Å². The summed E-state index contributed by atoms with van der Waals surface area (Å²) >= 11 is 0. The summed E-state index contributed by atoms with van der Waals surface area (Å²) in [6, 6.07) is -0.664. The van der Waals surface area contributed by atoms with E-state index in [2.05, 4.69) is 9.88 Å². The molecule has 106 valence electrons. The summed E-state index contributed by atoms with van der Waals surface area (Å²) in [5.74, 6) is -0.115. The lowest BCUT2D eigenvalue weighted by molar-refractivity contribution is 0.315. The largest absolute Gasteiger partial charge is 0.409 e. The van der Waals surface area contributed by atoms with Crippen LogP contribution >= 0.6 is 0 Å². The van der Waals surface area contributed by atoms with Crippen LogP contribution in [-0.2, 0) is 10.2 Å². The number of rotatable bonds is 5. The van der Waals surface area contributed by atoms with Gasteiger partial charge in [0.15, 0.2) is 5.84 Å². The monoisotopic (exact) mass is 278 g/mol. The van der Waals surface area contributed by atoms with Crippen molar-refractivity contribution in [2.45, 2.75) is 45.1 Å². The van der Waals surface area contributed by atoms with E-state index in [1.54, 1.807) is 6.92 Å². The van der Waals surface area contributed by atoms with Crippen LogP contribution in [0.1, 0.15) is 39.0 Å². The van der Waals surface area contributed by atoms with Crippen LogP contribution in [0, 0.1) is 0 Å². The van der Waals surface area contributed by atoms with E-state index in [-0.39, 0.29) is 5.84 Å². The van der Waals surface area contributed by atoms with Crippen molar-refractivity contribution in [3.05, 3.63) is 0 Å². The number of nitrogens with zero attached hydrogens (tertiary/aromatic N) is 2. The Bertz CT molecular complexity index is 375. The lowest BCUT2D eigenvalue weighted by Gasteiger charge is -2.23. The van der Waals surface area contributed by atoms with Crippen LogP contribution in [0.2, 0.25) is 0 Å². The molecule has 0 aliphatic carbocycles. The molecule has 1 heterocycles. The molecule has 0 bridgehead atoms. The molecule has 0 radical (unpaired) electrons. The number of hydrogen-bond donors (Lipinski definition) is 3. The quantitative estimate of drug-likeness (QED) is 0.289. The van der Waals surface area contributed by atoms with Gasteiger partial charge >= 0.3 is 0 Å². The zero-order valence-corrected chi connectivity index (χ0v) is 11.5. The van der Waals surface area contributed by atoms with Gasteiger partial charge in [0, 0.05) is 13.1 Å². The van der Waals surface area contributed by atoms with Gasteiger partial charge < -0.3 is 10.9 Å². The molecule has 1 aliphatic heterocycles. The van der Waals surface area contributed by atoms with E-state index in [9.17, 15) is 8.42 Å². The summed E-state index contributed by atoms with van der Waals surface area (Å²) in [4.78, 5) is 0. The Balaban J connectivity index is 2.73. The summed E-state index contributed by atoms with van der Waals surface area (Å²) in [5.41, 5.74) is 5.45. The van der Waals surface area contributed by atoms with Crippen LogP contribution in [0.25, 0.3) is 0 Å². The van der Waals surface area contributed by atoms with E-state index < -0.39 is 16.3 Å². The standard InChI is InChI=1S/C10H22N4O3S/c1-2-9(10(11)12-15)13-18(16,17)14-7-5-3-4-6-8-14/h9,13,15H,2-8H2,1H3,(H2,11,12). The second kappa shape index (κ2) is 6.91. The molecule has 0 aromatic carbocycles. The van der Waals surface area contributed by atoms with Crippen molar-refractivity contribution in [1.29, 1.82) is 0 Å². The highest BCUT2D eigenvalue weighted by Gasteiger charge is 2.26. The molecule has 1 atom stereocenters. The van der Waals surface area contributed by atoms with Gasteiger partial charge in [0.05, 0.1) is 6.04 Å². The minimum atomic E-state index is -3.56. The molecule has 0 saturated carbocycles. The Hall–Kier alpha value is -0.860. The highest BCUT2D eigenvalue weighted by Crippen LogP contribution is 2.13. The lowest BCUT2D eigenvalue weighted by atomic mass is 10.2. The number of hydrogen-bond acceptors (Lipinski definition) is 4. The molecule has 1 saturated heterocycles. The van der Waals surface area contributed by atoms with Crippen LogP contribution in [0.4, 0.5) is 0 Å². The Morgan fingerprint density at radius 2 is 1.94 bits per heavy atom. The van der Waals surface area contributed by atoms with Crippen LogP contribution in [0.3, 0.4) is 0 Å². The molecule has 7 nitrogen and oxygen atoms in total. The van der Waals surface area contributed by atoms with E-state index in [0.717, 1.165) is 25.7 Å². The zero-order valence-electron chi connectivity index (χ0n) is 10.7. The van der Waals surface area contributed by atoms with Crippen molar-refractivity contribution in [3.63, 3.8) is 0 Å². The Morgan fingerprint density at radius 1 is 1.39 bits per heavy atom. The summed E-state index contributed by atoms with van der Waals surface area (Å²) < 4.78 is 28.2. The minimum Gasteiger partial charge on any atom is -0.409 e. The summed E-state index contributed by atoms with van der Waals surface area (Å²) in [6.07, 6.45) is 4.30. The molecule has 0 spiro atoms. The van der Waals surface area contributed by atoms with Gasteiger partial charge in [-0.25, -0.2) is 0 Å². The maximum Gasteiger partial charge on any atom is 0.280 e. The first-order valence-corrected chi connectivity index (χ1v) is 7.70. The highest BCUT2D eigenvalue weighted by atomic mass is 32.2. The Labute approximate surface area is 108 Å². The first kappa shape index (κ1) is 15.2. The van der Waals surface area contributed by atoms with Gasteiger partial charge in [0.25, 0.3) is 10.2 Å². The molecule has 1 unspecified atom stereocenters. The molecule has 8 heteroatoms. The number of amidine groups is 1. The van der Waals surface area contributed by atoms with Crippen molar-refractivity contribution >= 4 is 16.0 Å². The van der Waals surface area contributed by atoms with E-state index in [1.807, 2.05) is 0 Å². The molecule has 0 aromatic rings. The predicted molar refractivity (Wildman–Crippen MR) is 69.6 cm³/mol. The van der Waals surface area contributed by atoms with Crippen molar-refractivity contribution in [1.82, 2.24) is 9.03 Å². The van der Waals surface area contributed by atoms with Crippen molar-refractivity contribution < 1.29 is 13.6 Å². The number of nitrogens with two attached hydrogens (primary N) is 1. The molecular weight excluding hydrogens is 256 g/mol. The predicted octanol–water partition coefficient (Wildman–Crippen LogP) is 0.222. The second-order valence-corrected chi connectivity index (χ2v) is 6.12. The van der Waals surface area contributed by atoms with Gasteiger partial charge in [0.1, 0.15) is 0 Å². The molecule has 1 rings (SSSR count). The fraction of sp³-hybridized carbons (Fsp3) is 0.900. The van der Waals surface area contributed by atoms with Crippen LogP contribution in [-0.4, -0.2) is 42.9 Å². The van der Waals surface area contributed by atoms with Gasteiger partial charge in [0.2, 0.25) is 0 Å². The lowest BCUT2D eigenvalue weighted by Crippen LogP contribution is -2.50. The third-order valence-corrected chi connectivity index (χ3v) is 4.70. The van der Waals surface area contributed by atoms with Crippen molar-refractivity contribution in [3.8, 4) is 0 Å². The normalized spacial score (nSPS) is 21.5. The third-order valence-electron chi connectivity index (χ3n) is 3.08. The number of nitrogens with one attached hydrogen (secondary N) is 1. The van der Waals surface area contributed by atoms with Gasteiger partial charge in [-0.3, -0.25) is 0 Å². The average Bonchev–Trinajstić information content (AvgIpc) is 2.64. The Morgan fingerprint density at radius 3 is 2.39 bits per heavy atom. The topological polar surface area (TPSA) is 108 Å². The van der Waals surface area contributed by atoms with Gasteiger partial charge in [-0.1, -0.05) is 24.9 Å². The average molecular weight is 278 g/mol. The van der Waals surface area contributed by atoms with Crippen molar-refractivity contribution in [2.24, 2.45) is 10.9 Å². The third kappa shape index (κ3) is 4.11. The summed E-state index contributed by atoms with van der Waals surface area (Å²) in [7, 11) is -3.56. The molecule has 0 aromatic heterocycles. The second-order valence-electron chi connectivity index (χ2n) is 4.42. The van der Waals surface area contributed by atoms with Gasteiger partial charge in [-0.05, 0) is 19.3 Å². The molecule has 1 aliphatic rings. The first-order chi connectivity index (χ1) is 8.51. The van der Waals surface area contributed by atoms with Crippen LogP contribution in [0.15, 0.2) is 5.16 Å². The van der Waals surface area contributed by atoms with E-state index >= 15 is 0 Å². The van der Waals surface area contributed by atoms with Gasteiger partial charge in [-0.2, -0.15) is 17.4 Å². The maximum atomic E-state index is 12.2. The fourth-order valence-corrected chi connectivity index (χ4v) is 3.49. The molecular formula is C10H22N4O3S. The minimum absolute atomic E-state index is 0.115. The fourth-order valence-electron chi connectivity index (χ4n) is 1.96. The highest BCUT2D eigenvalue weighted by molar-refractivity contribution is 7.87. The van der Waals surface area contributed by atoms with E-state index in [0.29, 0.717) is 19.5 Å². The molecule has 18 heavy (non-hydrogen) atoms. The maximum absolute atomic E-state index is 12.2. The number of oxime groups is 1. The SMILES string of the molecule is CCC(NS(=O)(=O)N1CCCCCC1)/C(N)=N/O. The van der Waals surface area contributed by atoms with Crippen LogP contribution < -0.4 is 10.5 Å². The zero-order chi connectivity index (χ0) is 13.6. The summed E-state index contributed by atoms with van der Waals surface area (Å²) in [6.45, 7) is 2.83. The molecule has 4 N–H and O–H groups in total. The first-order valence-electron chi connectivity index (χ1n) is 6.26. The van der Waals surface area contributed by atoms with E-state index in [1.165, 1.54) is 4.31 Å². The molecule has 0 amide bonds. The van der Waals surface area contributed by atoms with E-state index in [4.69, 9.17) is 10.9 Å². The Kier molecular flexibility index (Phi) is 5.83.